The van der Waals surface area contributed by atoms with Gasteiger partial charge in [0.2, 0.25) is 15.9 Å². The highest BCUT2D eigenvalue weighted by Crippen LogP contribution is 2.20. The van der Waals surface area contributed by atoms with E-state index in [0.717, 1.165) is 25.1 Å². The number of piperazine rings is 1. The minimum absolute atomic E-state index is 0.0128. The SMILES string of the molecule is O=C1CN(c2ccc(NC(=O)c3ccc(S(=O)(=O)NCC4CCCO4)cc3)cc2)CCN1. The Balaban J connectivity index is 1.34. The van der Waals surface area contributed by atoms with Crippen molar-refractivity contribution in [1.82, 2.24) is 10.0 Å². The van der Waals surface area contributed by atoms with Gasteiger partial charge in [-0.25, -0.2) is 13.1 Å². The number of hydrogen-bond acceptors (Lipinski definition) is 6. The standard InChI is InChI=1S/C22H26N4O5S/c27-21-15-26(12-11-23-21)18-7-5-17(6-8-18)25-22(28)16-3-9-20(10-4-16)32(29,30)24-14-19-2-1-13-31-19/h3-10,19,24H,1-2,11-15H2,(H,23,27)(H,25,28). The van der Waals surface area contributed by atoms with Crippen molar-refractivity contribution in [2.24, 2.45) is 0 Å². The van der Waals surface area contributed by atoms with Crippen molar-refractivity contribution in [3.63, 3.8) is 0 Å². The highest BCUT2D eigenvalue weighted by molar-refractivity contribution is 7.89. The first-order valence-corrected chi connectivity index (χ1v) is 12.0. The summed E-state index contributed by atoms with van der Waals surface area (Å²) in [7, 11) is -3.66. The quantitative estimate of drug-likeness (QED) is 0.576. The number of carbonyl (C=O) groups excluding carboxylic acids is 2. The van der Waals surface area contributed by atoms with Gasteiger partial charge in [0.15, 0.2) is 0 Å². The molecule has 2 fully saturated rings. The van der Waals surface area contributed by atoms with Crippen molar-refractivity contribution in [3.05, 3.63) is 54.1 Å². The van der Waals surface area contributed by atoms with E-state index in [1.807, 2.05) is 17.0 Å². The van der Waals surface area contributed by atoms with Gasteiger partial charge in [0.25, 0.3) is 5.91 Å². The third kappa shape index (κ3) is 5.45. The van der Waals surface area contributed by atoms with Gasteiger partial charge in [0.1, 0.15) is 0 Å². The van der Waals surface area contributed by atoms with E-state index in [9.17, 15) is 18.0 Å². The van der Waals surface area contributed by atoms with Crippen LogP contribution in [0, 0.1) is 0 Å². The highest BCUT2D eigenvalue weighted by Gasteiger charge is 2.21. The molecule has 2 heterocycles. The maximum absolute atomic E-state index is 12.5. The molecule has 2 amide bonds. The number of sulfonamides is 1. The summed E-state index contributed by atoms with van der Waals surface area (Å²) in [4.78, 5) is 26.2. The molecule has 0 aliphatic carbocycles. The van der Waals surface area contributed by atoms with Crippen LogP contribution in [0.3, 0.4) is 0 Å². The molecular weight excluding hydrogens is 432 g/mol. The lowest BCUT2D eigenvalue weighted by atomic mass is 10.2. The molecule has 170 valence electrons. The second-order valence-corrected chi connectivity index (χ2v) is 9.55. The van der Waals surface area contributed by atoms with Crippen molar-refractivity contribution in [3.8, 4) is 0 Å². The van der Waals surface area contributed by atoms with Crippen LogP contribution >= 0.6 is 0 Å². The van der Waals surface area contributed by atoms with E-state index in [1.165, 1.54) is 24.3 Å². The highest BCUT2D eigenvalue weighted by atomic mass is 32.2. The third-order valence-electron chi connectivity index (χ3n) is 5.48. The summed E-state index contributed by atoms with van der Waals surface area (Å²) in [5.74, 6) is -0.354. The van der Waals surface area contributed by atoms with E-state index in [4.69, 9.17) is 4.74 Å². The molecule has 2 aromatic rings. The number of hydrogen-bond donors (Lipinski definition) is 3. The van der Waals surface area contributed by atoms with Gasteiger partial charge in [-0.2, -0.15) is 0 Å². The molecule has 0 bridgehead atoms. The summed E-state index contributed by atoms with van der Waals surface area (Å²) in [5.41, 5.74) is 1.86. The molecule has 10 heteroatoms. The van der Waals surface area contributed by atoms with Crippen molar-refractivity contribution < 1.29 is 22.7 Å². The number of amides is 2. The lowest BCUT2D eigenvalue weighted by Crippen LogP contribution is -2.47. The summed E-state index contributed by atoms with van der Waals surface area (Å²) in [6, 6.07) is 13.0. The van der Waals surface area contributed by atoms with Crippen LogP contribution in [-0.4, -0.2) is 59.1 Å². The fraction of sp³-hybridized carbons (Fsp3) is 0.364. The zero-order valence-corrected chi connectivity index (χ0v) is 18.4. The Morgan fingerprint density at radius 2 is 1.88 bits per heavy atom. The number of ether oxygens (including phenoxy) is 1. The first-order valence-electron chi connectivity index (χ1n) is 10.6. The number of rotatable bonds is 7. The van der Waals surface area contributed by atoms with Crippen LogP contribution in [-0.2, 0) is 19.6 Å². The molecular formula is C22H26N4O5S. The van der Waals surface area contributed by atoms with E-state index < -0.39 is 10.0 Å². The summed E-state index contributed by atoms with van der Waals surface area (Å²) >= 11 is 0. The Morgan fingerprint density at radius 3 is 2.53 bits per heavy atom. The molecule has 32 heavy (non-hydrogen) atoms. The number of nitrogens with one attached hydrogen (secondary N) is 3. The number of carbonyl (C=O) groups is 2. The van der Waals surface area contributed by atoms with Gasteiger partial charge < -0.3 is 20.3 Å². The van der Waals surface area contributed by atoms with E-state index in [0.29, 0.717) is 30.9 Å². The van der Waals surface area contributed by atoms with Crippen LogP contribution in [0.2, 0.25) is 0 Å². The smallest absolute Gasteiger partial charge is 0.255 e. The van der Waals surface area contributed by atoms with Gasteiger partial charge in [-0.15, -0.1) is 0 Å². The van der Waals surface area contributed by atoms with Gasteiger partial charge in [-0.05, 0) is 61.4 Å². The maximum atomic E-state index is 12.5. The lowest BCUT2D eigenvalue weighted by molar-refractivity contribution is -0.120. The van der Waals surface area contributed by atoms with Crippen LogP contribution in [0.1, 0.15) is 23.2 Å². The Kier molecular flexibility index (Phi) is 6.73. The molecule has 2 aliphatic rings. The fourth-order valence-electron chi connectivity index (χ4n) is 3.69. The normalized spacial score (nSPS) is 18.9. The Bertz CT molecular complexity index is 1060. The van der Waals surface area contributed by atoms with Crippen molar-refractivity contribution in [1.29, 1.82) is 0 Å². The zero-order chi connectivity index (χ0) is 22.6. The zero-order valence-electron chi connectivity index (χ0n) is 17.5. The largest absolute Gasteiger partial charge is 0.377 e. The van der Waals surface area contributed by atoms with E-state index in [-0.39, 0.29) is 29.4 Å². The average molecular weight is 459 g/mol. The number of benzene rings is 2. The summed E-state index contributed by atoms with van der Waals surface area (Å²) < 4.78 is 32.9. The predicted molar refractivity (Wildman–Crippen MR) is 120 cm³/mol. The molecule has 2 saturated heterocycles. The molecule has 2 aromatic carbocycles. The van der Waals surface area contributed by atoms with Gasteiger partial charge >= 0.3 is 0 Å². The van der Waals surface area contributed by atoms with Gasteiger partial charge in [0, 0.05) is 43.2 Å². The summed E-state index contributed by atoms with van der Waals surface area (Å²) in [6.07, 6.45) is 1.69. The second-order valence-electron chi connectivity index (χ2n) is 7.78. The molecule has 1 atom stereocenters. The van der Waals surface area contributed by atoms with Gasteiger partial charge in [0.05, 0.1) is 17.5 Å². The fourth-order valence-corrected chi connectivity index (χ4v) is 4.76. The van der Waals surface area contributed by atoms with Crippen LogP contribution in [0.25, 0.3) is 0 Å². The second kappa shape index (κ2) is 9.68. The van der Waals surface area contributed by atoms with Crippen LogP contribution in [0.5, 0.6) is 0 Å². The molecule has 0 aromatic heterocycles. The molecule has 9 nitrogen and oxygen atoms in total. The number of nitrogens with zero attached hydrogens (tertiary/aromatic N) is 1. The molecule has 3 N–H and O–H groups in total. The first-order chi connectivity index (χ1) is 15.4. The van der Waals surface area contributed by atoms with E-state index >= 15 is 0 Å². The summed E-state index contributed by atoms with van der Waals surface area (Å²) in [6.45, 7) is 2.54. The van der Waals surface area contributed by atoms with Crippen LogP contribution in [0.4, 0.5) is 11.4 Å². The van der Waals surface area contributed by atoms with E-state index in [2.05, 4.69) is 15.4 Å². The van der Waals surface area contributed by atoms with Crippen molar-refractivity contribution >= 4 is 33.2 Å². The third-order valence-corrected chi connectivity index (χ3v) is 6.92. The van der Waals surface area contributed by atoms with Crippen molar-refractivity contribution in [2.45, 2.75) is 23.8 Å². The monoisotopic (exact) mass is 458 g/mol. The Labute approximate surface area is 187 Å². The Morgan fingerprint density at radius 1 is 1.12 bits per heavy atom. The lowest BCUT2D eigenvalue weighted by Gasteiger charge is -2.28. The predicted octanol–water partition coefficient (Wildman–Crippen LogP) is 1.33. The number of anilines is 2. The van der Waals surface area contributed by atoms with E-state index in [1.54, 1.807) is 12.1 Å². The minimum Gasteiger partial charge on any atom is -0.377 e. The maximum Gasteiger partial charge on any atom is 0.255 e. The molecule has 1 unspecified atom stereocenters. The first kappa shape index (κ1) is 22.3. The van der Waals surface area contributed by atoms with Crippen molar-refractivity contribution in [2.75, 3.05) is 43.0 Å². The van der Waals surface area contributed by atoms with Crippen LogP contribution < -0.4 is 20.3 Å². The van der Waals surface area contributed by atoms with Crippen LogP contribution in [0.15, 0.2) is 53.4 Å². The molecule has 0 radical (unpaired) electrons. The summed E-state index contributed by atoms with van der Waals surface area (Å²) in [5, 5.41) is 5.58. The molecule has 0 spiro atoms. The minimum atomic E-state index is -3.66. The molecule has 0 saturated carbocycles. The molecule has 2 aliphatic heterocycles. The average Bonchev–Trinajstić information content (AvgIpc) is 3.32. The van der Waals surface area contributed by atoms with Gasteiger partial charge in [-0.3, -0.25) is 9.59 Å². The topological polar surface area (TPSA) is 117 Å². The van der Waals surface area contributed by atoms with Gasteiger partial charge in [-0.1, -0.05) is 0 Å². The molecule has 4 rings (SSSR count). The Hall–Kier alpha value is -2.95.